The maximum atomic E-state index is 12.3. The summed E-state index contributed by atoms with van der Waals surface area (Å²) in [6.45, 7) is 4.05. The number of hydrogen-bond donors (Lipinski definition) is 2. The number of amides is 1. The molecule has 1 fully saturated rings. The van der Waals surface area contributed by atoms with E-state index >= 15 is 0 Å². The number of aromatic amines is 1. The van der Waals surface area contributed by atoms with Crippen LogP contribution in [0.25, 0.3) is 0 Å². The van der Waals surface area contributed by atoms with Crippen molar-refractivity contribution in [2.75, 3.05) is 24.3 Å². The molecule has 1 atom stereocenters. The third-order valence-corrected chi connectivity index (χ3v) is 4.53. The molecule has 5 nitrogen and oxygen atoms in total. The summed E-state index contributed by atoms with van der Waals surface area (Å²) in [4.78, 5) is 14.1. The first kappa shape index (κ1) is 13.3. The van der Waals surface area contributed by atoms with E-state index in [0.717, 1.165) is 23.6 Å². The molecule has 18 heavy (non-hydrogen) atoms. The van der Waals surface area contributed by atoms with Crippen LogP contribution in [0, 0.1) is 0 Å². The highest BCUT2D eigenvalue weighted by Crippen LogP contribution is 2.26. The predicted octanol–water partition coefficient (Wildman–Crippen LogP) is 1.69. The van der Waals surface area contributed by atoms with Crippen molar-refractivity contribution in [2.45, 2.75) is 32.2 Å². The van der Waals surface area contributed by atoms with Gasteiger partial charge in [-0.1, -0.05) is 13.8 Å². The van der Waals surface area contributed by atoms with Gasteiger partial charge in [-0.05, 0) is 18.1 Å². The van der Waals surface area contributed by atoms with Crippen LogP contribution in [0.2, 0.25) is 0 Å². The van der Waals surface area contributed by atoms with Gasteiger partial charge >= 0.3 is 0 Å². The quantitative estimate of drug-likeness (QED) is 0.875. The maximum Gasteiger partial charge on any atom is 0.276 e. The fraction of sp³-hybridized carbons (Fsp3) is 0.667. The third-order valence-electron chi connectivity index (χ3n) is 3.39. The zero-order valence-electron chi connectivity index (χ0n) is 11.1. The molecule has 0 bridgehead atoms. The van der Waals surface area contributed by atoms with Gasteiger partial charge in [0, 0.05) is 18.8 Å². The molecule has 0 spiro atoms. The standard InChI is InChI=1S/C12H20N4OS/c1-7(2)10-9(13)11(15-14-10)12(17)16(3)8-4-5-18-6-8/h7-8H,4-6,13H2,1-3H3,(H,14,15). The Hall–Kier alpha value is -1.17. The van der Waals surface area contributed by atoms with E-state index in [0.29, 0.717) is 17.4 Å². The van der Waals surface area contributed by atoms with Crippen molar-refractivity contribution < 1.29 is 4.79 Å². The highest BCUT2D eigenvalue weighted by atomic mass is 32.2. The summed E-state index contributed by atoms with van der Waals surface area (Å²) in [5.41, 5.74) is 7.69. The number of nitrogen functional groups attached to an aromatic ring is 1. The van der Waals surface area contributed by atoms with Gasteiger partial charge in [0.1, 0.15) is 0 Å². The average molecular weight is 268 g/mol. The molecule has 2 heterocycles. The molecule has 3 N–H and O–H groups in total. The summed E-state index contributed by atoms with van der Waals surface area (Å²) in [5.74, 6) is 2.29. The van der Waals surface area contributed by atoms with Gasteiger partial charge < -0.3 is 10.6 Å². The number of carbonyl (C=O) groups is 1. The second-order valence-corrected chi connectivity index (χ2v) is 6.14. The van der Waals surface area contributed by atoms with Gasteiger partial charge in [-0.15, -0.1) is 0 Å². The molecule has 1 unspecified atom stereocenters. The monoisotopic (exact) mass is 268 g/mol. The Labute approximate surface area is 111 Å². The summed E-state index contributed by atoms with van der Waals surface area (Å²) < 4.78 is 0. The molecule has 1 aliphatic rings. The lowest BCUT2D eigenvalue weighted by atomic mass is 10.1. The number of hydrogen-bond acceptors (Lipinski definition) is 4. The lowest BCUT2D eigenvalue weighted by Gasteiger charge is -2.23. The third kappa shape index (κ3) is 2.34. The summed E-state index contributed by atoms with van der Waals surface area (Å²) in [7, 11) is 1.84. The number of anilines is 1. The lowest BCUT2D eigenvalue weighted by molar-refractivity contribution is 0.0743. The van der Waals surface area contributed by atoms with Crippen LogP contribution in [-0.4, -0.2) is 45.6 Å². The lowest BCUT2D eigenvalue weighted by Crippen LogP contribution is -2.37. The largest absolute Gasteiger partial charge is 0.395 e. The van der Waals surface area contributed by atoms with Gasteiger partial charge in [-0.2, -0.15) is 16.9 Å². The Balaban J connectivity index is 2.18. The van der Waals surface area contributed by atoms with Gasteiger partial charge in [-0.25, -0.2) is 0 Å². The molecule has 100 valence electrons. The van der Waals surface area contributed by atoms with Crippen LogP contribution in [0.4, 0.5) is 5.69 Å². The first-order valence-electron chi connectivity index (χ1n) is 6.21. The minimum absolute atomic E-state index is 0.0804. The summed E-state index contributed by atoms with van der Waals surface area (Å²) in [5, 5.41) is 6.95. The molecule has 0 aliphatic carbocycles. The van der Waals surface area contributed by atoms with E-state index in [1.807, 2.05) is 32.7 Å². The van der Waals surface area contributed by atoms with Gasteiger partial charge in [0.25, 0.3) is 5.91 Å². The molecule has 0 saturated carbocycles. The molecular formula is C12H20N4OS. The first-order valence-corrected chi connectivity index (χ1v) is 7.36. The molecule has 1 aromatic rings. The van der Waals surface area contributed by atoms with Gasteiger partial charge in [0.05, 0.1) is 11.4 Å². The number of nitrogens with one attached hydrogen (secondary N) is 1. The fourth-order valence-corrected chi connectivity index (χ4v) is 3.40. The predicted molar refractivity (Wildman–Crippen MR) is 74.9 cm³/mol. The number of H-pyrrole nitrogens is 1. The van der Waals surface area contributed by atoms with E-state index in [1.54, 1.807) is 4.90 Å². The number of aromatic nitrogens is 2. The van der Waals surface area contributed by atoms with Crippen molar-refractivity contribution in [3.8, 4) is 0 Å². The van der Waals surface area contributed by atoms with Crippen molar-refractivity contribution in [1.29, 1.82) is 0 Å². The number of carbonyl (C=O) groups excluding carboxylic acids is 1. The second kappa shape index (κ2) is 5.22. The van der Waals surface area contributed by atoms with Crippen molar-refractivity contribution in [2.24, 2.45) is 0 Å². The van der Waals surface area contributed by atoms with E-state index in [-0.39, 0.29) is 11.8 Å². The minimum Gasteiger partial charge on any atom is -0.395 e. The van der Waals surface area contributed by atoms with E-state index in [1.165, 1.54) is 0 Å². The molecule has 1 saturated heterocycles. The molecular weight excluding hydrogens is 248 g/mol. The SMILES string of the molecule is CC(C)c1[nH]nc(C(=O)N(C)C2CCSC2)c1N. The molecule has 1 amide bonds. The molecule has 1 aromatic heterocycles. The van der Waals surface area contributed by atoms with E-state index in [2.05, 4.69) is 10.2 Å². The van der Waals surface area contributed by atoms with E-state index in [9.17, 15) is 4.79 Å². The number of nitrogens with zero attached hydrogens (tertiary/aromatic N) is 2. The number of rotatable bonds is 3. The van der Waals surface area contributed by atoms with E-state index in [4.69, 9.17) is 5.73 Å². The molecule has 0 aromatic carbocycles. The molecule has 6 heteroatoms. The van der Waals surface area contributed by atoms with Crippen molar-refractivity contribution >= 4 is 23.4 Å². The Morgan fingerprint density at radius 3 is 2.83 bits per heavy atom. The average Bonchev–Trinajstić information content (AvgIpc) is 2.95. The highest BCUT2D eigenvalue weighted by molar-refractivity contribution is 7.99. The molecule has 2 rings (SSSR count). The van der Waals surface area contributed by atoms with Gasteiger partial charge in [0.2, 0.25) is 0 Å². The number of thioether (sulfide) groups is 1. The van der Waals surface area contributed by atoms with Crippen molar-refractivity contribution in [3.05, 3.63) is 11.4 Å². The normalized spacial score (nSPS) is 19.4. The Bertz CT molecular complexity index is 437. The van der Waals surface area contributed by atoms with Crippen LogP contribution in [0.5, 0.6) is 0 Å². The first-order chi connectivity index (χ1) is 8.52. The van der Waals surface area contributed by atoms with E-state index < -0.39 is 0 Å². The topological polar surface area (TPSA) is 75.0 Å². The van der Waals surface area contributed by atoms with Gasteiger partial charge in [-0.3, -0.25) is 9.89 Å². The Kier molecular flexibility index (Phi) is 3.85. The Morgan fingerprint density at radius 1 is 1.61 bits per heavy atom. The summed E-state index contributed by atoms with van der Waals surface area (Å²) in [6.07, 6.45) is 1.05. The maximum absolute atomic E-state index is 12.3. The Morgan fingerprint density at radius 2 is 2.33 bits per heavy atom. The molecule has 0 radical (unpaired) electrons. The second-order valence-electron chi connectivity index (χ2n) is 4.99. The van der Waals surface area contributed by atoms with Crippen LogP contribution >= 0.6 is 11.8 Å². The molecule has 1 aliphatic heterocycles. The van der Waals surface area contributed by atoms with Crippen LogP contribution < -0.4 is 5.73 Å². The van der Waals surface area contributed by atoms with Gasteiger partial charge in [0.15, 0.2) is 5.69 Å². The fourth-order valence-electron chi connectivity index (χ4n) is 2.13. The highest BCUT2D eigenvalue weighted by Gasteiger charge is 2.28. The summed E-state index contributed by atoms with van der Waals surface area (Å²) >= 11 is 1.88. The zero-order chi connectivity index (χ0) is 13.3. The van der Waals surface area contributed by atoms with Crippen LogP contribution in [0.1, 0.15) is 42.4 Å². The zero-order valence-corrected chi connectivity index (χ0v) is 11.9. The number of nitrogens with two attached hydrogens (primary N) is 1. The van der Waals surface area contributed by atoms with Crippen LogP contribution in [0.15, 0.2) is 0 Å². The minimum atomic E-state index is -0.0804. The van der Waals surface area contributed by atoms with Crippen LogP contribution in [0.3, 0.4) is 0 Å². The summed E-state index contributed by atoms with van der Waals surface area (Å²) in [6, 6.07) is 0.307. The van der Waals surface area contributed by atoms with Crippen molar-refractivity contribution in [3.63, 3.8) is 0 Å². The smallest absolute Gasteiger partial charge is 0.276 e. The van der Waals surface area contributed by atoms with Crippen LogP contribution in [-0.2, 0) is 0 Å². The van der Waals surface area contributed by atoms with Crippen molar-refractivity contribution in [1.82, 2.24) is 15.1 Å².